The molecule has 1 fully saturated rings. The summed E-state index contributed by atoms with van der Waals surface area (Å²) >= 11 is 0. The highest BCUT2D eigenvalue weighted by Gasteiger charge is 2.44. The van der Waals surface area contributed by atoms with Crippen molar-refractivity contribution < 1.29 is 23.4 Å². The van der Waals surface area contributed by atoms with Gasteiger partial charge in [0.05, 0.1) is 6.10 Å². The second-order valence-electron chi connectivity index (χ2n) is 4.50. The van der Waals surface area contributed by atoms with Gasteiger partial charge in [-0.1, -0.05) is 13.3 Å². The molecule has 1 aliphatic heterocycles. The first-order chi connectivity index (χ1) is 8.30. The van der Waals surface area contributed by atoms with Crippen LogP contribution in [0.5, 0.6) is 0 Å². The Labute approximate surface area is 107 Å². The lowest BCUT2D eigenvalue weighted by molar-refractivity contribution is -0.140. The van der Waals surface area contributed by atoms with E-state index < -0.39 is 28.3 Å². The summed E-state index contributed by atoms with van der Waals surface area (Å²) in [5.41, 5.74) is 0. The van der Waals surface area contributed by atoms with Crippen LogP contribution < -0.4 is 0 Å². The van der Waals surface area contributed by atoms with Gasteiger partial charge in [0.15, 0.2) is 0 Å². The van der Waals surface area contributed by atoms with Crippen LogP contribution in [0.15, 0.2) is 0 Å². The summed E-state index contributed by atoms with van der Waals surface area (Å²) in [6, 6.07) is -1.17. The summed E-state index contributed by atoms with van der Waals surface area (Å²) in [4.78, 5) is 11.0. The van der Waals surface area contributed by atoms with Crippen LogP contribution in [-0.4, -0.2) is 65.5 Å². The van der Waals surface area contributed by atoms with E-state index in [1.165, 1.54) is 7.05 Å². The standard InChI is InChI=1S/C10H20N2O5S/c1-3-4-5-11(2)18(16,17)12-7-8(13)6-9(12)10(14)15/h8-9,13H,3-7H2,1-2H3,(H,14,15)/t8?,9-/m0/s1. The zero-order chi connectivity index (χ0) is 13.9. The first-order valence-corrected chi connectivity index (χ1v) is 7.34. The zero-order valence-electron chi connectivity index (χ0n) is 10.6. The van der Waals surface area contributed by atoms with Crippen molar-refractivity contribution in [3.05, 3.63) is 0 Å². The second kappa shape index (κ2) is 5.96. The minimum Gasteiger partial charge on any atom is -0.480 e. The highest BCUT2D eigenvalue weighted by atomic mass is 32.2. The van der Waals surface area contributed by atoms with Gasteiger partial charge < -0.3 is 10.2 Å². The lowest BCUT2D eigenvalue weighted by atomic mass is 10.2. The third-order valence-corrected chi connectivity index (χ3v) is 5.00. The highest BCUT2D eigenvalue weighted by molar-refractivity contribution is 7.86. The summed E-state index contributed by atoms with van der Waals surface area (Å²) < 4.78 is 26.4. The fourth-order valence-electron chi connectivity index (χ4n) is 1.94. The number of β-amino-alcohol motifs (C(OH)–C–C–N with tert-alkyl or cyclic N) is 1. The van der Waals surface area contributed by atoms with E-state index in [0.29, 0.717) is 13.0 Å². The van der Waals surface area contributed by atoms with Gasteiger partial charge in [-0.05, 0) is 6.42 Å². The maximum Gasteiger partial charge on any atom is 0.322 e. The van der Waals surface area contributed by atoms with Crippen molar-refractivity contribution in [2.75, 3.05) is 20.1 Å². The van der Waals surface area contributed by atoms with Crippen molar-refractivity contribution in [2.24, 2.45) is 0 Å². The third-order valence-electron chi connectivity index (χ3n) is 3.04. The summed E-state index contributed by atoms with van der Waals surface area (Å²) in [5.74, 6) is -1.22. The average molecular weight is 280 g/mol. The van der Waals surface area contributed by atoms with Gasteiger partial charge in [0.1, 0.15) is 6.04 Å². The number of hydrogen-bond acceptors (Lipinski definition) is 4. The molecule has 18 heavy (non-hydrogen) atoms. The monoisotopic (exact) mass is 280 g/mol. The number of carbonyl (C=O) groups is 1. The molecule has 1 aliphatic rings. The Kier molecular flexibility index (Phi) is 5.09. The van der Waals surface area contributed by atoms with Crippen molar-refractivity contribution in [2.45, 2.75) is 38.3 Å². The molecule has 2 atom stereocenters. The molecule has 0 saturated carbocycles. The molecule has 0 aromatic rings. The molecule has 0 radical (unpaired) electrons. The van der Waals surface area contributed by atoms with E-state index in [2.05, 4.69) is 0 Å². The van der Waals surface area contributed by atoms with Crippen molar-refractivity contribution in [3.8, 4) is 0 Å². The Morgan fingerprint density at radius 1 is 1.50 bits per heavy atom. The molecule has 1 rings (SSSR count). The van der Waals surface area contributed by atoms with Crippen molar-refractivity contribution in [1.29, 1.82) is 0 Å². The second-order valence-corrected chi connectivity index (χ2v) is 6.48. The molecule has 1 heterocycles. The van der Waals surface area contributed by atoms with Crippen LogP contribution in [0.4, 0.5) is 0 Å². The van der Waals surface area contributed by atoms with Crippen LogP contribution in [0.3, 0.4) is 0 Å². The molecular weight excluding hydrogens is 260 g/mol. The van der Waals surface area contributed by atoms with Crippen LogP contribution in [0.1, 0.15) is 26.2 Å². The van der Waals surface area contributed by atoms with Gasteiger partial charge in [0.2, 0.25) is 0 Å². The molecule has 8 heteroatoms. The van der Waals surface area contributed by atoms with E-state index in [9.17, 15) is 18.3 Å². The molecule has 0 aliphatic carbocycles. The fraction of sp³-hybridized carbons (Fsp3) is 0.900. The van der Waals surface area contributed by atoms with Gasteiger partial charge in [0.25, 0.3) is 10.2 Å². The third kappa shape index (κ3) is 3.19. The minimum atomic E-state index is -3.81. The highest BCUT2D eigenvalue weighted by Crippen LogP contribution is 2.23. The normalized spacial score (nSPS) is 25.8. The largest absolute Gasteiger partial charge is 0.480 e. The molecule has 0 spiro atoms. The van der Waals surface area contributed by atoms with E-state index in [0.717, 1.165) is 15.0 Å². The Morgan fingerprint density at radius 3 is 2.61 bits per heavy atom. The SMILES string of the molecule is CCCCN(C)S(=O)(=O)N1CC(O)C[C@H]1C(=O)O. The van der Waals surface area contributed by atoms with Crippen LogP contribution >= 0.6 is 0 Å². The van der Waals surface area contributed by atoms with Gasteiger partial charge in [-0.25, -0.2) is 0 Å². The number of unbranched alkanes of at least 4 members (excludes halogenated alkanes) is 1. The number of aliphatic carboxylic acids is 1. The molecule has 1 saturated heterocycles. The molecular formula is C10H20N2O5S. The number of carboxylic acids is 1. The van der Waals surface area contributed by atoms with Crippen LogP contribution in [0, 0.1) is 0 Å². The van der Waals surface area contributed by atoms with E-state index in [1.54, 1.807) is 0 Å². The summed E-state index contributed by atoms with van der Waals surface area (Å²) in [6.45, 7) is 2.13. The van der Waals surface area contributed by atoms with E-state index in [1.807, 2.05) is 6.92 Å². The topological polar surface area (TPSA) is 98.2 Å². The first kappa shape index (κ1) is 15.4. The predicted molar refractivity (Wildman–Crippen MR) is 65.2 cm³/mol. The van der Waals surface area contributed by atoms with Crippen LogP contribution in [0.2, 0.25) is 0 Å². The number of carboxylic acid groups (broad SMARTS) is 1. The van der Waals surface area contributed by atoms with E-state index in [4.69, 9.17) is 5.11 Å². The van der Waals surface area contributed by atoms with Crippen molar-refractivity contribution in [1.82, 2.24) is 8.61 Å². The molecule has 2 N–H and O–H groups in total. The van der Waals surface area contributed by atoms with Gasteiger partial charge in [-0.15, -0.1) is 0 Å². The average Bonchev–Trinajstić information content (AvgIpc) is 2.68. The molecule has 0 amide bonds. The molecule has 0 aromatic carbocycles. The number of nitrogens with zero attached hydrogens (tertiary/aromatic N) is 2. The molecule has 7 nitrogen and oxygen atoms in total. The number of hydrogen-bond donors (Lipinski definition) is 2. The molecule has 1 unspecified atom stereocenters. The number of aliphatic hydroxyl groups is 1. The number of aliphatic hydroxyl groups excluding tert-OH is 1. The van der Waals surface area contributed by atoms with Gasteiger partial charge in [-0.2, -0.15) is 17.0 Å². The Bertz CT molecular complexity index is 397. The summed E-state index contributed by atoms with van der Waals surface area (Å²) in [5, 5.41) is 18.4. The maximum absolute atomic E-state index is 12.2. The van der Waals surface area contributed by atoms with Crippen molar-refractivity contribution in [3.63, 3.8) is 0 Å². The van der Waals surface area contributed by atoms with E-state index in [-0.39, 0.29) is 13.0 Å². The first-order valence-electron chi connectivity index (χ1n) is 5.94. The van der Waals surface area contributed by atoms with Crippen LogP contribution in [0.25, 0.3) is 0 Å². The van der Waals surface area contributed by atoms with E-state index >= 15 is 0 Å². The van der Waals surface area contributed by atoms with Crippen LogP contribution in [-0.2, 0) is 15.0 Å². The Balaban J connectivity index is 2.86. The minimum absolute atomic E-state index is 0.0593. The molecule has 0 bridgehead atoms. The number of rotatable bonds is 6. The fourth-order valence-corrected chi connectivity index (χ4v) is 3.52. The van der Waals surface area contributed by atoms with Gasteiger partial charge in [0, 0.05) is 26.6 Å². The molecule has 106 valence electrons. The van der Waals surface area contributed by atoms with Crippen molar-refractivity contribution >= 4 is 16.2 Å². The predicted octanol–water partition coefficient (Wildman–Crippen LogP) is -0.517. The maximum atomic E-state index is 12.2. The summed E-state index contributed by atoms with van der Waals surface area (Å²) in [7, 11) is -2.39. The summed E-state index contributed by atoms with van der Waals surface area (Å²) in [6.07, 6.45) is 0.589. The Morgan fingerprint density at radius 2 is 2.11 bits per heavy atom. The van der Waals surface area contributed by atoms with Gasteiger partial charge in [-0.3, -0.25) is 4.79 Å². The lowest BCUT2D eigenvalue weighted by Crippen LogP contribution is -2.47. The quantitative estimate of drug-likeness (QED) is 0.682. The lowest BCUT2D eigenvalue weighted by Gasteiger charge is -2.26. The zero-order valence-corrected chi connectivity index (χ0v) is 11.4. The van der Waals surface area contributed by atoms with Gasteiger partial charge >= 0.3 is 5.97 Å². The molecule has 0 aromatic heterocycles. The Hall–Kier alpha value is -0.700. The smallest absolute Gasteiger partial charge is 0.322 e.